The molecule has 108 valence electrons. The molecule has 0 radical (unpaired) electrons. The molecule has 2 heterocycles. The highest BCUT2D eigenvalue weighted by atomic mass is 32.2. The molecule has 1 aromatic heterocycles. The molecule has 1 N–H and O–H groups in total. The number of piperidine rings is 1. The number of hydrogen-bond donors (Lipinski definition) is 1. The van der Waals surface area contributed by atoms with Crippen molar-refractivity contribution in [3.05, 3.63) is 18.2 Å². The van der Waals surface area contributed by atoms with Crippen molar-refractivity contribution in [1.82, 2.24) is 14.9 Å². The molecule has 0 bridgehead atoms. The van der Waals surface area contributed by atoms with Gasteiger partial charge in [-0.25, -0.2) is 4.98 Å². The van der Waals surface area contributed by atoms with Crippen molar-refractivity contribution >= 4 is 11.8 Å². The Labute approximate surface area is 121 Å². The van der Waals surface area contributed by atoms with Gasteiger partial charge in [0, 0.05) is 24.3 Å². The van der Waals surface area contributed by atoms with Crippen LogP contribution in [-0.2, 0) is 0 Å². The number of thioether (sulfide) groups is 1. The topological polar surface area (TPSA) is 29.9 Å². The van der Waals surface area contributed by atoms with Crippen LogP contribution < -0.4 is 5.32 Å². The predicted octanol–water partition coefficient (Wildman–Crippen LogP) is 3.79. The van der Waals surface area contributed by atoms with Crippen LogP contribution in [0.1, 0.15) is 64.2 Å². The van der Waals surface area contributed by atoms with E-state index in [1.165, 1.54) is 42.9 Å². The van der Waals surface area contributed by atoms with Crippen LogP contribution in [0.5, 0.6) is 0 Å². The van der Waals surface area contributed by atoms with Crippen molar-refractivity contribution in [1.29, 1.82) is 0 Å². The van der Waals surface area contributed by atoms with Crippen molar-refractivity contribution < 1.29 is 0 Å². The number of imidazole rings is 1. The SMILES string of the molecule is CCSCCC(C)n1cncc1C1CCCC(C)N1. The smallest absolute Gasteiger partial charge is 0.0951 e. The highest BCUT2D eigenvalue weighted by Crippen LogP contribution is 2.28. The van der Waals surface area contributed by atoms with Gasteiger partial charge in [0.05, 0.1) is 12.0 Å². The van der Waals surface area contributed by atoms with Crippen LogP contribution in [0.15, 0.2) is 12.5 Å². The molecular formula is C15H27N3S. The van der Waals surface area contributed by atoms with Crippen molar-refractivity contribution in [3.8, 4) is 0 Å². The van der Waals surface area contributed by atoms with Crippen molar-refractivity contribution in [2.45, 2.75) is 64.6 Å². The van der Waals surface area contributed by atoms with Gasteiger partial charge >= 0.3 is 0 Å². The zero-order valence-corrected chi connectivity index (χ0v) is 13.2. The van der Waals surface area contributed by atoms with Crippen LogP contribution in [0.25, 0.3) is 0 Å². The second-order valence-electron chi connectivity index (χ2n) is 5.61. The van der Waals surface area contributed by atoms with E-state index >= 15 is 0 Å². The molecule has 0 aliphatic carbocycles. The van der Waals surface area contributed by atoms with E-state index in [0.29, 0.717) is 18.1 Å². The molecule has 1 fully saturated rings. The summed E-state index contributed by atoms with van der Waals surface area (Å²) in [4.78, 5) is 4.39. The normalized spacial score (nSPS) is 25.4. The van der Waals surface area contributed by atoms with Crippen LogP contribution in [0.2, 0.25) is 0 Å². The Hall–Kier alpha value is -0.480. The Morgan fingerprint density at radius 1 is 1.53 bits per heavy atom. The van der Waals surface area contributed by atoms with E-state index < -0.39 is 0 Å². The first kappa shape index (κ1) is 14.9. The summed E-state index contributed by atoms with van der Waals surface area (Å²) in [7, 11) is 0. The molecule has 2 rings (SSSR count). The molecule has 0 spiro atoms. The van der Waals surface area contributed by atoms with Crippen LogP contribution >= 0.6 is 11.8 Å². The molecule has 19 heavy (non-hydrogen) atoms. The second kappa shape index (κ2) is 7.34. The van der Waals surface area contributed by atoms with E-state index in [2.05, 4.69) is 41.8 Å². The van der Waals surface area contributed by atoms with Gasteiger partial charge in [0.2, 0.25) is 0 Å². The van der Waals surface area contributed by atoms with Gasteiger partial charge in [-0.1, -0.05) is 6.92 Å². The average Bonchev–Trinajstić information content (AvgIpc) is 2.88. The molecule has 3 unspecified atom stereocenters. The third-order valence-electron chi connectivity index (χ3n) is 4.03. The molecule has 0 amide bonds. The van der Waals surface area contributed by atoms with Gasteiger partial charge in [-0.05, 0) is 51.0 Å². The first-order valence-corrected chi connectivity index (χ1v) is 8.73. The minimum Gasteiger partial charge on any atom is -0.330 e. The van der Waals surface area contributed by atoms with Gasteiger partial charge in [0.15, 0.2) is 0 Å². The summed E-state index contributed by atoms with van der Waals surface area (Å²) in [6, 6.07) is 1.68. The lowest BCUT2D eigenvalue weighted by molar-refractivity contribution is 0.323. The fourth-order valence-corrected chi connectivity index (χ4v) is 3.66. The van der Waals surface area contributed by atoms with Gasteiger partial charge in [-0.2, -0.15) is 11.8 Å². The number of hydrogen-bond acceptors (Lipinski definition) is 3. The summed E-state index contributed by atoms with van der Waals surface area (Å²) < 4.78 is 2.38. The minimum absolute atomic E-state index is 0.493. The highest BCUT2D eigenvalue weighted by molar-refractivity contribution is 7.99. The van der Waals surface area contributed by atoms with E-state index in [1.54, 1.807) is 0 Å². The van der Waals surface area contributed by atoms with Gasteiger partial charge in [0.1, 0.15) is 0 Å². The Balaban J connectivity index is 2.00. The number of rotatable bonds is 6. The molecule has 1 aliphatic heterocycles. The van der Waals surface area contributed by atoms with Gasteiger partial charge in [-0.15, -0.1) is 0 Å². The van der Waals surface area contributed by atoms with Crippen molar-refractivity contribution in [3.63, 3.8) is 0 Å². The van der Waals surface area contributed by atoms with E-state index in [4.69, 9.17) is 0 Å². The number of nitrogens with zero attached hydrogens (tertiary/aromatic N) is 2. The lowest BCUT2D eigenvalue weighted by atomic mass is 9.97. The quantitative estimate of drug-likeness (QED) is 0.805. The van der Waals surface area contributed by atoms with Gasteiger partial charge in [-0.3, -0.25) is 0 Å². The summed E-state index contributed by atoms with van der Waals surface area (Å²) in [6.45, 7) is 6.83. The summed E-state index contributed by atoms with van der Waals surface area (Å²) >= 11 is 2.03. The zero-order chi connectivity index (χ0) is 13.7. The van der Waals surface area contributed by atoms with Crippen molar-refractivity contribution in [2.24, 2.45) is 0 Å². The Kier molecular flexibility index (Phi) is 5.76. The molecule has 3 atom stereocenters. The summed E-state index contributed by atoms with van der Waals surface area (Å²) in [5, 5.41) is 3.72. The monoisotopic (exact) mass is 281 g/mol. The van der Waals surface area contributed by atoms with Gasteiger partial charge < -0.3 is 9.88 Å². The maximum Gasteiger partial charge on any atom is 0.0951 e. The fraction of sp³-hybridized carbons (Fsp3) is 0.800. The van der Waals surface area contributed by atoms with Crippen molar-refractivity contribution in [2.75, 3.05) is 11.5 Å². The second-order valence-corrected chi connectivity index (χ2v) is 7.01. The number of aromatic nitrogens is 2. The minimum atomic E-state index is 0.493. The lowest BCUT2D eigenvalue weighted by Gasteiger charge is -2.30. The first-order chi connectivity index (χ1) is 9.22. The van der Waals surface area contributed by atoms with Crippen LogP contribution in [0.3, 0.4) is 0 Å². The van der Waals surface area contributed by atoms with E-state index in [1.807, 2.05) is 18.1 Å². The molecule has 1 aromatic rings. The molecular weight excluding hydrogens is 254 g/mol. The standard InChI is InChI=1S/C15H27N3S/c1-4-19-9-8-13(3)18-11-16-10-15(18)14-7-5-6-12(2)17-14/h10-14,17H,4-9H2,1-3H3. The molecule has 4 heteroatoms. The van der Waals surface area contributed by atoms with E-state index in [9.17, 15) is 0 Å². The van der Waals surface area contributed by atoms with Crippen LogP contribution in [-0.4, -0.2) is 27.1 Å². The lowest BCUT2D eigenvalue weighted by Crippen LogP contribution is -2.35. The Morgan fingerprint density at radius 3 is 3.11 bits per heavy atom. The summed E-state index contributed by atoms with van der Waals surface area (Å²) in [6.07, 6.45) is 9.16. The average molecular weight is 281 g/mol. The number of nitrogens with one attached hydrogen (secondary N) is 1. The molecule has 1 saturated heterocycles. The largest absolute Gasteiger partial charge is 0.330 e. The predicted molar refractivity (Wildman–Crippen MR) is 83.7 cm³/mol. The maximum absolute atomic E-state index is 4.39. The molecule has 3 nitrogen and oxygen atoms in total. The third-order valence-corrected chi connectivity index (χ3v) is 4.96. The first-order valence-electron chi connectivity index (χ1n) is 7.58. The fourth-order valence-electron chi connectivity index (χ4n) is 2.86. The molecule has 1 aliphatic rings. The highest BCUT2D eigenvalue weighted by Gasteiger charge is 2.23. The Bertz CT molecular complexity index is 377. The third kappa shape index (κ3) is 3.99. The summed E-state index contributed by atoms with van der Waals surface area (Å²) in [5.41, 5.74) is 1.38. The Morgan fingerprint density at radius 2 is 2.37 bits per heavy atom. The van der Waals surface area contributed by atoms with Crippen LogP contribution in [0, 0.1) is 0 Å². The maximum atomic E-state index is 4.39. The van der Waals surface area contributed by atoms with Crippen LogP contribution in [0.4, 0.5) is 0 Å². The molecule has 0 saturated carbocycles. The summed E-state index contributed by atoms with van der Waals surface area (Å²) in [5.74, 6) is 2.45. The van der Waals surface area contributed by atoms with E-state index in [-0.39, 0.29) is 0 Å². The van der Waals surface area contributed by atoms with E-state index in [0.717, 1.165) is 0 Å². The molecule has 0 aromatic carbocycles. The van der Waals surface area contributed by atoms with Gasteiger partial charge in [0.25, 0.3) is 0 Å². The zero-order valence-electron chi connectivity index (χ0n) is 12.4.